The minimum absolute atomic E-state index is 0.0792. The number of benzene rings is 1. The van der Waals surface area contributed by atoms with E-state index in [0.29, 0.717) is 23.2 Å². The molecule has 5 nitrogen and oxygen atoms in total. The first-order valence-electron chi connectivity index (χ1n) is 6.92. The number of carboxylic acid groups (broad SMARTS) is 1. The van der Waals surface area contributed by atoms with Crippen molar-refractivity contribution in [3.8, 4) is 0 Å². The third-order valence-corrected chi connectivity index (χ3v) is 4.51. The highest BCUT2D eigenvalue weighted by molar-refractivity contribution is 6.33. The van der Waals surface area contributed by atoms with Crippen molar-refractivity contribution >= 4 is 29.3 Å². The molecule has 1 aromatic carbocycles. The molecule has 0 spiro atoms. The Balaban J connectivity index is 1.96. The molecular weight excluding hydrogens is 292 g/mol. The van der Waals surface area contributed by atoms with Crippen molar-refractivity contribution in [1.82, 2.24) is 5.32 Å². The van der Waals surface area contributed by atoms with Gasteiger partial charge in [0.15, 0.2) is 0 Å². The summed E-state index contributed by atoms with van der Waals surface area (Å²) in [6.45, 7) is 4.92. The van der Waals surface area contributed by atoms with Gasteiger partial charge in [0.1, 0.15) is 0 Å². The number of halogens is 1. The zero-order valence-electron chi connectivity index (χ0n) is 12.1. The van der Waals surface area contributed by atoms with Gasteiger partial charge >= 0.3 is 12.0 Å². The molecule has 1 aromatic rings. The molecular formula is C15H19ClN2O3. The van der Waals surface area contributed by atoms with E-state index in [9.17, 15) is 9.59 Å². The number of anilines is 1. The summed E-state index contributed by atoms with van der Waals surface area (Å²) in [5, 5.41) is 14.7. The fourth-order valence-corrected chi connectivity index (χ4v) is 2.46. The maximum atomic E-state index is 11.9. The summed E-state index contributed by atoms with van der Waals surface area (Å²) >= 11 is 5.96. The lowest BCUT2D eigenvalue weighted by Gasteiger charge is -2.20. The van der Waals surface area contributed by atoms with Gasteiger partial charge in [-0.2, -0.15) is 0 Å². The largest absolute Gasteiger partial charge is 0.478 e. The van der Waals surface area contributed by atoms with Gasteiger partial charge in [0.2, 0.25) is 0 Å². The Morgan fingerprint density at radius 3 is 2.57 bits per heavy atom. The van der Waals surface area contributed by atoms with Gasteiger partial charge in [-0.3, -0.25) is 0 Å². The molecule has 1 fully saturated rings. The molecule has 0 saturated heterocycles. The third kappa shape index (κ3) is 3.67. The van der Waals surface area contributed by atoms with Crippen LogP contribution in [0.4, 0.5) is 10.5 Å². The van der Waals surface area contributed by atoms with Gasteiger partial charge in [-0.1, -0.05) is 25.4 Å². The van der Waals surface area contributed by atoms with Crippen LogP contribution in [0.2, 0.25) is 5.02 Å². The van der Waals surface area contributed by atoms with Crippen molar-refractivity contribution in [2.45, 2.75) is 26.7 Å². The molecule has 2 amide bonds. The molecule has 1 aliphatic carbocycles. The zero-order chi connectivity index (χ0) is 15.6. The van der Waals surface area contributed by atoms with E-state index >= 15 is 0 Å². The van der Waals surface area contributed by atoms with Crippen molar-refractivity contribution in [2.24, 2.45) is 11.3 Å². The number of carbonyl (C=O) groups excluding carboxylic acids is 1. The predicted molar refractivity (Wildman–Crippen MR) is 81.9 cm³/mol. The van der Waals surface area contributed by atoms with Crippen LogP contribution < -0.4 is 10.6 Å². The molecule has 21 heavy (non-hydrogen) atoms. The first kappa shape index (κ1) is 15.6. The predicted octanol–water partition coefficient (Wildman–Crippen LogP) is 3.60. The van der Waals surface area contributed by atoms with Crippen LogP contribution in [-0.2, 0) is 0 Å². The average molecular weight is 311 g/mol. The van der Waals surface area contributed by atoms with Crippen molar-refractivity contribution < 1.29 is 14.7 Å². The summed E-state index contributed by atoms with van der Waals surface area (Å²) in [5.74, 6) is -0.538. The Morgan fingerprint density at radius 1 is 1.38 bits per heavy atom. The lowest BCUT2D eigenvalue weighted by atomic mass is 9.92. The summed E-state index contributed by atoms with van der Waals surface area (Å²) in [7, 11) is 0. The molecule has 6 heteroatoms. The standard InChI is InChI=1S/C15H19ClN2O3/c1-9(2)15(5-6-15)8-17-14(21)18-12-7-10(13(19)20)3-4-11(12)16/h3-4,7,9H,5-6,8H2,1-2H3,(H,19,20)(H2,17,18,21). The Bertz CT molecular complexity index is 568. The van der Waals surface area contributed by atoms with Crippen LogP contribution in [0.3, 0.4) is 0 Å². The van der Waals surface area contributed by atoms with Crippen molar-refractivity contribution in [2.75, 3.05) is 11.9 Å². The topological polar surface area (TPSA) is 78.4 Å². The summed E-state index contributed by atoms with van der Waals surface area (Å²) in [4.78, 5) is 22.8. The number of aromatic carboxylic acids is 1. The maximum absolute atomic E-state index is 11.9. The minimum Gasteiger partial charge on any atom is -0.478 e. The second kappa shape index (κ2) is 5.93. The van der Waals surface area contributed by atoms with E-state index in [4.69, 9.17) is 16.7 Å². The lowest BCUT2D eigenvalue weighted by molar-refractivity contribution is 0.0697. The Hall–Kier alpha value is -1.75. The molecule has 2 rings (SSSR count). The molecule has 0 bridgehead atoms. The van der Waals surface area contributed by atoms with Crippen LogP contribution in [0.15, 0.2) is 18.2 Å². The molecule has 114 valence electrons. The van der Waals surface area contributed by atoms with Crippen molar-refractivity contribution in [3.63, 3.8) is 0 Å². The van der Waals surface area contributed by atoms with Crippen LogP contribution in [0.5, 0.6) is 0 Å². The number of carbonyl (C=O) groups is 2. The molecule has 1 saturated carbocycles. The Kier molecular flexibility index (Phi) is 4.42. The Morgan fingerprint density at radius 2 is 2.05 bits per heavy atom. The maximum Gasteiger partial charge on any atom is 0.335 e. The highest BCUT2D eigenvalue weighted by atomic mass is 35.5. The number of rotatable bonds is 5. The second-order valence-electron chi connectivity index (χ2n) is 5.82. The van der Waals surface area contributed by atoms with Crippen molar-refractivity contribution in [3.05, 3.63) is 28.8 Å². The van der Waals surface area contributed by atoms with E-state index in [0.717, 1.165) is 12.8 Å². The van der Waals surface area contributed by atoms with E-state index < -0.39 is 5.97 Å². The van der Waals surface area contributed by atoms with Gasteiger partial charge in [0, 0.05) is 6.54 Å². The van der Waals surface area contributed by atoms with Gasteiger partial charge in [0.05, 0.1) is 16.3 Å². The van der Waals surface area contributed by atoms with E-state index in [-0.39, 0.29) is 17.0 Å². The summed E-state index contributed by atoms with van der Waals surface area (Å²) < 4.78 is 0. The quantitative estimate of drug-likeness (QED) is 0.777. The van der Waals surface area contributed by atoms with E-state index in [1.165, 1.54) is 18.2 Å². The number of carboxylic acids is 1. The lowest BCUT2D eigenvalue weighted by Crippen LogP contribution is -2.35. The fraction of sp³-hybridized carbons (Fsp3) is 0.467. The SMILES string of the molecule is CC(C)C1(CNC(=O)Nc2cc(C(=O)O)ccc2Cl)CC1. The average Bonchev–Trinajstić information content (AvgIpc) is 3.20. The van der Waals surface area contributed by atoms with Gasteiger partial charge in [-0.05, 0) is 42.4 Å². The van der Waals surface area contributed by atoms with Crippen molar-refractivity contribution in [1.29, 1.82) is 0 Å². The van der Waals surface area contributed by atoms with Crippen LogP contribution in [0.25, 0.3) is 0 Å². The second-order valence-corrected chi connectivity index (χ2v) is 6.23. The molecule has 3 N–H and O–H groups in total. The van der Waals surface area contributed by atoms with E-state index in [2.05, 4.69) is 24.5 Å². The number of urea groups is 1. The molecule has 0 aromatic heterocycles. The van der Waals surface area contributed by atoms with Crippen LogP contribution in [0, 0.1) is 11.3 Å². The van der Waals surface area contributed by atoms with Gasteiger partial charge in [-0.15, -0.1) is 0 Å². The summed E-state index contributed by atoms with van der Waals surface area (Å²) in [6.07, 6.45) is 2.25. The van der Waals surface area contributed by atoms with Gasteiger partial charge < -0.3 is 15.7 Å². The highest BCUT2D eigenvalue weighted by Crippen LogP contribution is 2.51. The fourth-order valence-electron chi connectivity index (χ4n) is 2.30. The molecule has 0 atom stereocenters. The summed E-state index contributed by atoms with van der Waals surface area (Å²) in [5.41, 5.74) is 0.586. The number of nitrogens with one attached hydrogen (secondary N) is 2. The third-order valence-electron chi connectivity index (χ3n) is 4.18. The smallest absolute Gasteiger partial charge is 0.335 e. The monoisotopic (exact) mass is 310 g/mol. The molecule has 0 aliphatic heterocycles. The van der Waals surface area contributed by atoms with Crippen LogP contribution in [0.1, 0.15) is 37.0 Å². The number of hydrogen-bond donors (Lipinski definition) is 3. The van der Waals surface area contributed by atoms with E-state index in [1.54, 1.807) is 0 Å². The number of hydrogen-bond acceptors (Lipinski definition) is 2. The number of amides is 2. The molecule has 0 unspecified atom stereocenters. The minimum atomic E-state index is -1.06. The Labute approximate surface area is 128 Å². The molecule has 0 radical (unpaired) electrons. The molecule has 0 heterocycles. The van der Waals surface area contributed by atoms with Gasteiger partial charge in [0.25, 0.3) is 0 Å². The zero-order valence-corrected chi connectivity index (χ0v) is 12.8. The normalized spacial score (nSPS) is 15.6. The van der Waals surface area contributed by atoms with Crippen LogP contribution in [-0.4, -0.2) is 23.7 Å². The van der Waals surface area contributed by atoms with Crippen LogP contribution >= 0.6 is 11.6 Å². The molecule has 1 aliphatic rings. The highest BCUT2D eigenvalue weighted by Gasteiger charge is 2.45. The van der Waals surface area contributed by atoms with E-state index in [1.807, 2.05) is 0 Å². The first-order chi connectivity index (χ1) is 9.84. The summed E-state index contributed by atoms with van der Waals surface area (Å²) in [6, 6.07) is 3.83. The van der Waals surface area contributed by atoms with Gasteiger partial charge in [-0.25, -0.2) is 9.59 Å². The first-order valence-corrected chi connectivity index (χ1v) is 7.29.